The largest absolute Gasteiger partial charge is 0.474 e. The molecule has 1 aliphatic rings. The number of rotatable bonds is 5. The third-order valence-corrected chi connectivity index (χ3v) is 4.76. The molecule has 24 heavy (non-hydrogen) atoms. The zero-order valence-corrected chi connectivity index (χ0v) is 14.8. The standard InChI is InChI=1S/C16H21N5O2S/c1-3-4-13-15(24-20-19-13)16(22)21-9-6-12(7-10-21)23-14-5-8-17-11(2)18-14/h5,8,12H,3-4,6-7,9-10H2,1-2H3. The highest BCUT2D eigenvalue weighted by Gasteiger charge is 2.27. The summed E-state index contributed by atoms with van der Waals surface area (Å²) in [7, 11) is 0. The van der Waals surface area contributed by atoms with Gasteiger partial charge in [-0.1, -0.05) is 17.8 Å². The Bertz CT molecular complexity index is 697. The quantitative estimate of drug-likeness (QED) is 0.825. The van der Waals surface area contributed by atoms with Crippen LogP contribution in [0.25, 0.3) is 0 Å². The molecule has 1 aliphatic heterocycles. The molecule has 0 bridgehead atoms. The summed E-state index contributed by atoms with van der Waals surface area (Å²) in [6, 6.07) is 1.77. The Labute approximate surface area is 145 Å². The molecular weight excluding hydrogens is 326 g/mol. The molecule has 0 spiro atoms. The summed E-state index contributed by atoms with van der Waals surface area (Å²) in [5.41, 5.74) is 0.822. The molecule has 0 aromatic carbocycles. The van der Waals surface area contributed by atoms with Crippen LogP contribution in [0.4, 0.5) is 0 Å². The molecule has 3 heterocycles. The monoisotopic (exact) mass is 347 g/mol. The van der Waals surface area contributed by atoms with Crippen LogP contribution in [-0.4, -0.2) is 49.6 Å². The number of hydrogen-bond acceptors (Lipinski definition) is 7. The highest BCUT2D eigenvalue weighted by Crippen LogP contribution is 2.21. The second-order valence-electron chi connectivity index (χ2n) is 5.85. The number of carbonyl (C=O) groups excluding carboxylic acids is 1. The van der Waals surface area contributed by atoms with Gasteiger partial charge in [0.05, 0.1) is 5.69 Å². The number of piperidine rings is 1. The van der Waals surface area contributed by atoms with Crippen molar-refractivity contribution in [3.8, 4) is 5.88 Å². The summed E-state index contributed by atoms with van der Waals surface area (Å²) >= 11 is 1.20. The molecule has 2 aromatic heterocycles. The van der Waals surface area contributed by atoms with Crippen LogP contribution in [0, 0.1) is 6.92 Å². The van der Waals surface area contributed by atoms with E-state index < -0.39 is 0 Å². The van der Waals surface area contributed by atoms with Crippen molar-refractivity contribution in [1.82, 2.24) is 24.5 Å². The zero-order chi connectivity index (χ0) is 16.9. The number of ether oxygens (including phenoxy) is 1. The van der Waals surface area contributed by atoms with Crippen molar-refractivity contribution in [2.75, 3.05) is 13.1 Å². The van der Waals surface area contributed by atoms with Gasteiger partial charge in [-0.05, 0) is 24.9 Å². The van der Waals surface area contributed by atoms with Gasteiger partial charge in [-0.3, -0.25) is 4.79 Å². The van der Waals surface area contributed by atoms with Crippen LogP contribution >= 0.6 is 11.5 Å². The van der Waals surface area contributed by atoms with Gasteiger partial charge in [0.25, 0.3) is 5.91 Å². The van der Waals surface area contributed by atoms with E-state index in [-0.39, 0.29) is 12.0 Å². The van der Waals surface area contributed by atoms with Crippen molar-refractivity contribution in [2.45, 2.75) is 45.6 Å². The molecule has 0 unspecified atom stereocenters. The molecule has 1 fully saturated rings. The van der Waals surface area contributed by atoms with E-state index in [2.05, 4.69) is 26.5 Å². The minimum Gasteiger partial charge on any atom is -0.474 e. The molecule has 0 aliphatic carbocycles. The lowest BCUT2D eigenvalue weighted by molar-refractivity contribution is 0.0590. The lowest BCUT2D eigenvalue weighted by Crippen LogP contribution is -2.41. The Morgan fingerprint density at radius 2 is 2.21 bits per heavy atom. The molecule has 0 atom stereocenters. The third kappa shape index (κ3) is 3.87. The van der Waals surface area contributed by atoms with Crippen molar-refractivity contribution in [3.05, 3.63) is 28.7 Å². The molecule has 0 N–H and O–H groups in total. The predicted molar refractivity (Wildman–Crippen MR) is 90.2 cm³/mol. The average molecular weight is 347 g/mol. The molecular formula is C16H21N5O2S. The van der Waals surface area contributed by atoms with Gasteiger partial charge in [0.2, 0.25) is 5.88 Å². The van der Waals surface area contributed by atoms with E-state index in [9.17, 15) is 4.79 Å². The van der Waals surface area contributed by atoms with E-state index in [1.54, 1.807) is 12.3 Å². The highest BCUT2D eigenvalue weighted by atomic mass is 32.1. The number of hydrogen-bond donors (Lipinski definition) is 0. The first-order valence-electron chi connectivity index (χ1n) is 8.24. The summed E-state index contributed by atoms with van der Waals surface area (Å²) in [4.78, 5) is 23.5. The Morgan fingerprint density at radius 1 is 1.42 bits per heavy atom. The van der Waals surface area contributed by atoms with Crippen LogP contribution in [0.3, 0.4) is 0 Å². The van der Waals surface area contributed by atoms with Gasteiger partial charge in [-0.15, -0.1) is 5.10 Å². The van der Waals surface area contributed by atoms with Gasteiger partial charge in [0.15, 0.2) is 0 Å². The number of likely N-dealkylation sites (tertiary alicyclic amines) is 1. The van der Waals surface area contributed by atoms with Crippen LogP contribution in [0.15, 0.2) is 12.3 Å². The van der Waals surface area contributed by atoms with Crippen LogP contribution in [-0.2, 0) is 6.42 Å². The summed E-state index contributed by atoms with van der Waals surface area (Å²) in [6.45, 7) is 5.27. The smallest absolute Gasteiger partial charge is 0.267 e. The minimum absolute atomic E-state index is 0.0461. The van der Waals surface area contributed by atoms with E-state index in [4.69, 9.17) is 4.74 Å². The number of aromatic nitrogens is 4. The van der Waals surface area contributed by atoms with Crippen molar-refractivity contribution < 1.29 is 9.53 Å². The van der Waals surface area contributed by atoms with Crippen LogP contribution in [0.5, 0.6) is 5.88 Å². The van der Waals surface area contributed by atoms with Crippen LogP contribution < -0.4 is 4.74 Å². The molecule has 8 heteroatoms. The van der Waals surface area contributed by atoms with Gasteiger partial charge in [0.1, 0.15) is 16.8 Å². The van der Waals surface area contributed by atoms with Crippen LogP contribution in [0.1, 0.15) is 47.4 Å². The van der Waals surface area contributed by atoms with Crippen molar-refractivity contribution in [2.24, 2.45) is 0 Å². The number of aryl methyl sites for hydroxylation is 2. The lowest BCUT2D eigenvalue weighted by Gasteiger charge is -2.31. The minimum atomic E-state index is 0.0461. The van der Waals surface area contributed by atoms with Gasteiger partial charge < -0.3 is 9.64 Å². The third-order valence-electron chi connectivity index (χ3n) is 4.00. The second kappa shape index (κ2) is 7.65. The SMILES string of the molecule is CCCc1nnsc1C(=O)N1CCC(Oc2ccnc(C)n2)CC1. The molecule has 7 nitrogen and oxygen atoms in total. The van der Waals surface area contributed by atoms with E-state index in [0.717, 1.165) is 31.4 Å². The first kappa shape index (κ1) is 16.8. The summed E-state index contributed by atoms with van der Waals surface area (Å²) in [6.07, 6.45) is 5.12. The molecule has 2 aromatic rings. The van der Waals surface area contributed by atoms with E-state index in [1.165, 1.54) is 11.5 Å². The van der Waals surface area contributed by atoms with E-state index in [1.807, 2.05) is 11.8 Å². The van der Waals surface area contributed by atoms with Gasteiger partial charge in [0, 0.05) is 38.2 Å². The van der Waals surface area contributed by atoms with Gasteiger partial charge in [-0.2, -0.15) is 4.98 Å². The average Bonchev–Trinajstić information content (AvgIpc) is 3.04. The van der Waals surface area contributed by atoms with Gasteiger partial charge in [-0.25, -0.2) is 4.98 Å². The molecule has 0 radical (unpaired) electrons. The highest BCUT2D eigenvalue weighted by molar-refractivity contribution is 7.08. The Balaban J connectivity index is 1.56. The second-order valence-corrected chi connectivity index (χ2v) is 6.60. The zero-order valence-electron chi connectivity index (χ0n) is 13.9. The normalized spacial score (nSPS) is 15.5. The topological polar surface area (TPSA) is 81.1 Å². The molecule has 128 valence electrons. The lowest BCUT2D eigenvalue weighted by atomic mass is 10.1. The first-order valence-corrected chi connectivity index (χ1v) is 9.01. The van der Waals surface area contributed by atoms with Gasteiger partial charge >= 0.3 is 0 Å². The number of carbonyl (C=O) groups is 1. The Kier molecular flexibility index (Phi) is 5.34. The predicted octanol–water partition coefficient (Wildman–Crippen LogP) is 2.27. The molecule has 1 saturated heterocycles. The summed E-state index contributed by atoms with van der Waals surface area (Å²) in [5.74, 6) is 1.34. The Hall–Kier alpha value is -2.09. The molecule has 3 rings (SSSR count). The molecule has 1 amide bonds. The van der Waals surface area contributed by atoms with Crippen LogP contribution in [0.2, 0.25) is 0 Å². The van der Waals surface area contributed by atoms with Crippen molar-refractivity contribution in [3.63, 3.8) is 0 Å². The number of nitrogens with zero attached hydrogens (tertiary/aromatic N) is 5. The fourth-order valence-electron chi connectivity index (χ4n) is 2.76. The fourth-order valence-corrected chi connectivity index (χ4v) is 3.44. The van der Waals surface area contributed by atoms with E-state index >= 15 is 0 Å². The fraction of sp³-hybridized carbons (Fsp3) is 0.562. The number of amides is 1. The maximum atomic E-state index is 12.7. The maximum absolute atomic E-state index is 12.7. The Morgan fingerprint density at radius 3 is 2.92 bits per heavy atom. The van der Waals surface area contributed by atoms with E-state index in [0.29, 0.717) is 29.7 Å². The molecule has 0 saturated carbocycles. The van der Waals surface area contributed by atoms with Crippen molar-refractivity contribution in [1.29, 1.82) is 0 Å². The van der Waals surface area contributed by atoms with Crippen molar-refractivity contribution >= 4 is 17.4 Å². The summed E-state index contributed by atoms with van der Waals surface area (Å²) < 4.78 is 9.85. The summed E-state index contributed by atoms with van der Waals surface area (Å²) in [5, 5.41) is 4.08. The first-order chi connectivity index (χ1) is 11.7. The maximum Gasteiger partial charge on any atom is 0.267 e.